The topological polar surface area (TPSA) is 63.2 Å². The van der Waals surface area contributed by atoms with Crippen LogP contribution < -0.4 is 15.4 Å². The monoisotopic (exact) mass is 271 g/mol. The molecule has 0 saturated carbocycles. The van der Waals surface area contributed by atoms with Crippen molar-refractivity contribution in [2.75, 3.05) is 12.4 Å². The maximum absolute atomic E-state index is 11.9. The number of rotatable bonds is 4. The molecule has 2 N–H and O–H groups in total. The van der Waals surface area contributed by atoms with Gasteiger partial charge in [-0.15, -0.1) is 0 Å². The summed E-state index contributed by atoms with van der Waals surface area (Å²) < 4.78 is 4.96. The minimum Gasteiger partial charge on any atom is -0.481 e. The van der Waals surface area contributed by atoms with Gasteiger partial charge in [-0.25, -0.2) is 9.78 Å². The van der Waals surface area contributed by atoms with Gasteiger partial charge in [-0.1, -0.05) is 30.3 Å². The number of aromatic nitrogens is 1. The first-order valence-electron chi connectivity index (χ1n) is 6.31. The summed E-state index contributed by atoms with van der Waals surface area (Å²) in [5, 5.41) is 5.59. The van der Waals surface area contributed by atoms with Crippen LogP contribution in [0, 0.1) is 0 Å². The molecule has 5 nitrogen and oxygen atoms in total. The lowest BCUT2D eigenvalue weighted by Gasteiger charge is -2.15. The Hall–Kier alpha value is -2.56. The third-order valence-corrected chi connectivity index (χ3v) is 2.85. The van der Waals surface area contributed by atoms with Gasteiger partial charge in [-0.3, -0.25) is 0 Å². The Labute approximate surface area is 118 Å². The average molecular weight is 271 g/mol. The number of methoxy groups -OCH3 is 1. The predicted molar refractivity (Wildman–Crippen MR) is 77.8 cm³/mol. The van der Waals surface area contributed by atoms with Gasteiger partial charge in [0.1, 0.15) is 0 Å². The van der Waals surface area contributed by atoms with Crippen molar-refractivity contribution in [2.45, 2.75) is 13.0 Å². The second-order valence-corrected chi connectivity index (χ2v) is 4.32. The van der Waals surface area contributed by atoms with Crippen LogP contribution in [0.1, 0.15) is 18.5 Å². The fourth-order valence-corrected chi connectivity index (χ4v) is 1.76. The summed E-state index contributed by atoms with van der Waals surface area (Å²) in [6.07, 6.45) is 1.55. The molecule has 2 amide bonds. The van der Waals surface area contributed by atoms with Gasteiger partial charge in [0.25, 0.3) is 0 Å². The minimum atomic E-state index is -0.270. The minimum absolute atomic E-state index is 0.0672. The number of hydrogen-bond acceptors (Lipinski definition) is 3. The fraction of sp³-hybridized carbons (Fsp3) is 0.200. The Bertz CT molecular complexity index is 555. The first-order chi connectivity index (χ1) is 9.69. The largest absolute Gasteiger partial charge is 0.481 e. The maximum atomic E-state index is 11.9. The molecule has 0 unspecified atom stereocenters. The van der Waals surface area contributed by atoms with Crippen LogP contribution in [-0.2, 0) is 0 Å². The molecule has 2 rings (SSSR count). The number of benzene rings is 1. The van der Waals surface area contributed by atoms with Crippen molar-refractivity contribution in [3.63, 3.8) is 0 Å². The summed E-state index contributed by atoms with van der Waals surface area (Å²) in [6, 6.07) is 12.9. The summed E-state index contributed by atoms with van der Waals surface area (Å²) in [5.74, 6) is 0.508. The summed E-state index contributed by atoms with van der Waals surface area (Å²) in [7, 11) is 1.55. The quantitative estimate of drug-likeness (QED) is 0.898. The van der Waals surface area contributed by atoms with Crippen LogP contribution in [0.5, 0.6) is 5.88 Å². The molecule has 0 fully saturated rings. The molecule has 0 aliphatic carbocycles. The van der Waals surface area contributed by atoms with E-state index >= 15 is 0 Å². The molecule has 1 atom stereocenters. The molecular weight excluding hydrogens is 254 g/mol. The van der Waals surface area contributed by atoms with Gasteiger partial charge in [-0.2, -0.15) is 0 Å². The normalized spacial score (nSPS) is 11.5. The van der Waals surface area contributed by atoms with Crippen molar-refractivity contribution in [2.24, 2.45) is 0 Å². The van der Waals surface area contributed by atoms with Gasteiger partial charge in [0.15, 0.2) is 0 Å². The summed E-state index contributed by atoms with van der Waals surface area (Å²) in [5.41, 5.74) is 1.67. The third-order valence-electron chi connectivity index (χ3n) is 2.85. The highest BCUT2D eigenvalue weighted by Crippen LogP contribution is 2.13. The van der Waals surface area contributed by atoms with E-state index in [1.54, 1.807) is 25.4 Å². The molecule has 0 spiro atoms. The number of nitrogens with one attached hydrogen (secondary N) is 2. The van der Waals surface area contributed by atoms with Crippen LogP contribution in [0.3, 0.4) is 0 Å². The molecule has 0 bridgehead atoms. The standard InChI is InChI=1S/C15H17N3O2/c1-11(12-6-4-3-5-7-12)17-15(19)18-13-8-9-14(20-2)16-10-13/h3-11H,1-2H3,(H2,17,18,19)/t11-/m0/s1. The Balaban J connectivity index is 1.91. The highest BCUT2D eigenvalue weighted by atomic mass is 16.5. The second kappa shape index (κ2) is 6.56. The molecule has 1 aromatic heterocycles. The van der Waals surface area contributed by atoms with E-state index in [0.29, 0.717) is 11.6 Å². The van der Waals surface area contributed by atoms with Crippen LogP contribution in [0.15, 0.2) is 48.7 Å². The van der Waals surface area contributed by atoms with E-state index in [4.69, 9.17) is 4.74 Å². The number of anilines is 1. The number of urea groups is 1. The van der Waals surface area contributed by atoms with Crippen molar-refractivity contribution in [1.29, 1.82) is 0 Å². The number of carbonyl (C=O) groups is 1. The van der Waals surface area contributed by atoms with Crippen LogP contribution in [0.25, 0.3) is 0 Å². The van der Waals surface area contributed by atoms with Gasteiger partial charge < -0.3 is 15.4 Å². The molecule has 104 valence electrons. The van der Waals surface area contributed by atoms with Gasteiger partial charge in [-0.05, 0) is 18.6 Å². The number of carbonyl (C=O) groups excluding carboxylic acids is 1. The van der Waals surface area contributed by atoms with Gasteiger partial charge in [0.05, 0.1) is 25.0 Å². The van der Waals surface area contributed by atoms with Crippen molar-refractivity contribution >= 4 is 11.7 Å². The van der Waals surface area contributed by atoms with E-state index in [1.807, 2.05) is 37.3 Å². The first-order valence-corrected chi connectivity index (χ1v) is 6.31. The number of pyridine rings is 1. The molecule has 2 aromatic rings. The van der Waals surface area contributed by atoms with E-state index in [1.165, 1.54) is 0 Å². The molecule has 0 radical (unpaired) electrons. The van der Waals surface area contributed by atoms with E-state index in [2.05, 4.69) is 15.6 Å². The molecule has 0 aliphatic heterocycles. The molecule has 20 heavy (non-hydrogen) atoms. The van der Waals surface area contributed by atoms with Crippen molar-refractivity contribution in [3.05, 3.63) is 54.2 Å². The summed E-state index contributed by atoms with van der Waals surface area (Å²) in [4.78, 5) is 15.9. The van der Waals surface area contributed by atoms with Crippen LogP contribution in [-0.4, -0.2) is 18.1 Å². The number of hydrogen-bond donors (Lipinski definition) is 2. The van der Waals surface area contributed by atoms with Crippen LogP contribution >= 0.6 is 0 Å². The molecular formula is C15H17N3O2. The van der Waals surface area contributed by atoms with Gasteiger partial charge in [0, 0.05) is 6.07 Å². The van der Waals surface area contributed by atoms with E-state index in [9.17, 15) is 4.79 Å². The zero-order valence-corrected chi connectivity index (χ0v) is 11.5. The lowest BCUT2D eigenvalue weighted by molar-refractivity contribution is 0.249. The van der Waals surface area contributed by atoms with Crippen LogP contribution in [0.4, 0.5) is 10.5 Å². The van der Waals surface area contributed by atoms with Crippen LogP contribution in [0.2, 0.25) is 0 Å². The molecule has 0 aliphatic rings. The Morgan fingerprint density at radius 2 is 1.95 bits per heavy atom. The lowest BCUT2D eigenvalue weighted by atomic mass is 10.1. The van der Waals surface area contributed by atoms with Gasteiger partial charge >= 0.3 is 6.03 Å². The number of amides is 2. The van der Waals surface area contributed by atoms with E-state index in [-0.39, 0.29) is 12.1 Å². The smallest absolute Gasteiger partial charge is 0.319 e. The fourth-order valence-electron chi connectivity index (χ4n) is 1.76. The summed E-state index contributed by atoms with van der Waals surface area (Å²) in [6.45, 7) is 1.93. The highest BCUT2D eigenvalue weighted by Gasteiger charge is 2.09. The maximum Gasteiger partial charge on any atom is 0.319 e. The first kappa shape index (κ1) is 13.9. The lowest BCUT2D eigenvalue weighted by Crippen LogP contribution is -2.31. The predicted octanol–water partition coefficient (Wildman–Crippen LogP) is 2.97. The molecule has 0 saturated heterocycles. The zero-order chi connectivity index (χ0) is 14.4. The molecule has 1 aromatic carbocycles. The zero-order valence-electron chi connectivity index (χ0n) is 11.5. The van der Waals surface area contributed by atoms with Crippen molar-refractivity contribution in [1.82, 2.24) is 10.3 Å². The molecule has 1 heterocycles. The van der Waals surface area contributed by atoms with Gasteiger partial charge in [0.2, 0.25) is 5.88 Å². The number of ether oxygens (including phenoxy) is 1. The van der Waals surface area contributed by atoms with E-state index < -0.39 is 0 Å². The SMILES string of the molecule is COc1ccc(NC(=O)N[C@@H](C)c2ccccc2)cn1. The average Bonchev–Trinajstić information content (AvgIpc) is 2.49. The Morgan fingerprint density at radius 3 is 2.55 bits per heavy atom. The highest BCUT2D eigenvalue weighted by molar-refractivity contribution is 5.89. The van der Waals surface area contributed by atoms with Crippen molar-refractivity contribution < 1.29 is 9.53 Å². The van der Waals surface area contributed by atoms with E-state index in [0.717, 1.165) is 5.56 Å². The Morgan fingerprint density at radius 1 is 1.20 bits per heavy atom. The summed E-state index contributed by atoms with van der Waals surface area (Å²) >= 11 is 0. The number of nitrogens with zero attached hydrogens (tertiary/aromatic N) is 1. The molecule has 5 heteroatoms. The van der Waals surface area contributed by atoms with Crippen molar-refractivity contribution in [3.8, 4) is 5.88 Å². The second-order valence-electron chi connectivity index (χ2n) is 4.32. The third kappa shape index (κ3) is 3.71. The Kier molecular flexibility index (Phi) is 4.55.